The highest BCUT2D eigenvalue weighted by atomic mass is 16.6. The summed E-state index contributed by atoms with van der Waals surface area (Å²) in [6, 6.07) is -0.731. The van der Waals surface area contributed by atoms with Crippen molar-refractivity contribution in [2.45, 2.75) is 58.2 Å². The van der Waals surface area contributed by atoms with Crippen LogP contribution in [0.4, 0.5) is 4.79 Å². The highest BCUT2D eigenvalue weighted by Crippen LogP contribution is 2.60. The minimum Gasteiger partial charge on any atom is -0.464 e. The van der Waals surface area contributed by atoms with Gasteiger partial charge in [0.05, 0.1) is 19.8 Å². The Kier molecular flexibility index (Phi) is 5.80. The maximum atomic E-state index is 12.6. The minimum absolute atomic E-state index is 0.0868. The van der Waals surface area contributed by atoms with Gasteiger partial charge >= 0.3 is 12.1 Å². The molecule has 1 saturated carbocycles. The number of hydrogen-bond donors (Lipinski definition) is 0. The number of ether oxygens (including phenoxy) is 3. The third-order valence-electron chi connectivity index (χ3n) is 4.37. The second kappa shape index (κ2) is 7.49. The zero-order chi connectivity index (χ0) is 18.7. The third kappa shape index (κ3) is 4.55. The van der Waals surface area contributed by atoms with E-state index in [4.69, 9.17) is 19.7 Å². The van der Waals surface area contributed by atoms with E-state index < -0.39 is 23.7 Å². The molecule has 2 fully saturated rings. The zero-order valence-electron chi connectivity index (χ0n) is 15.2. The van der Waals surface area contributed by atoms with Crippen LogP contribution in [-0.4, -0.2) is 61.0 Å². The number of carbonyl (C=O) groups is 2. The van der Waals surface area contributed by atoms with Crippen molar-refractivity contribution < 1.29 is 23.8 Å². The molecule has 2 rings (SSSR count). The van der Waals surface area contributed by atoms with Gasteiger partial charge in [0.1, 0.15) is 11.6 Å². The van der Waals surface area contributed by atoms with Crippen LogP contribution in [-0.2, 0) is 19.0 Å². The zero-order valence-corrected chi connectivity index (χ0v) is 15.2. The van der Waals surface area contributed by atoms with Crippen molar-refractivity contribution in [2.75, 3.05) is 26.4 Å². The van der Waals surface area contributed by atoms with Crippen molar-refractivity contribution in [2.24, 2.45) is 10.5 Å². The molecule has 1 aliphatic carbocycles. The van der Waals surface area contributed by atoms with E-state index in [9.17, 15) is 9.59 Å². The second-order valence-corrected chi connectivity index (χ2v) is 7.45. The fraction of sp³-hybridized carbons (Fsp3) is 0.875. The Labute approximate surface area is 147 Å². The van der Waals surface area contributed by atoms with E-state index in [1.807, 2.05) is 0 Å². The van der Waals surface area contributed by atoms with Crippen LogP contribution >= 0.6 is 0 Å². The molecule has 1 saturated heterocycles. The van der Waals surface area contributed by atoms with Crippen LogP contribution in [0.25, 0.3) is 10.4 Å². The second-order valence-electron chi connectivity index (χ2n) is 7.45. The summed E-state index contributed by atoms with van der Waals surface area (Å²) >= 11 is 0. The molecular formula is C16H26N4O5. The molecule has 2 aliphatic rings. The van der Waals surface area contributed by atoms with E-state index in [1.54, 1.807) is 27.7 Å². The van der Waals surface area contributed by atoms with E-state index in [0.717, 1.165) is 6.42 Å². The molecule has 0 radical (unpaired) electrons. The Bertz CT molecular complexity index is 569. The quantitative estimate of drug-likeness (QED) is 0.229. The number of hydrogen-bond acceptors (Lipinski definition) is 6. The van der Waals surface area contributed by atoms with Gasteiger partial charge in [-0.05, 0) is 46.1 Å². The van der Waals surface area contributed by atoms with Crippen LogP contribution in [0.3, 0.4) is 0 Å². The van der Waals surface area contributed by atoms with E-state index in [2.05, 4.69) is 10.0 Å². The topological polar surface area (TPSA) is 114 Å². The minimum atomic E-state index is -0.644. The molecular weight excluding hydrogens is 328 g/mol. The summed E-state index contributed by atoms with van der Waals surface area (Å²) in [5.41, 5.74) is 7.38. The summed E-state index contributed by atoms with van der Waals surface area (Å²) < 4.78 is 16.2. The van der Waals surface area contributed by atoms with E-state index in [-0.39, 0.29) is 24.6 Å². The fourth-order valence-corrected chi connectivity index (χ4v) is 3.28. The first-order valence-electron chi connectivity index (χ1n) is 8.50. The molecule has 25 heavy (non-hydrogen) atoms. The largest absolute Gasteiger partial charge is 0.464 e. The summed E-state index contributed by atoms with van der Waals surface area (Å²) in [5.74, 6) is -0.408. The fourth-order valence-electron chi connectivity index (χ4n) is 3.28. The van der Waals surface area contributed by atoms with Crippen molar-refractivity contribution in [3.05, 3.63) is 10.4 Å². The first-order valence-corrected chi connectivity index (χ1v) is 8.50. The van der Waals surface area contributed by atoms with E-state index in [1.165, 1.54) is 4.90 Å². The lowest BCUT2D eigenvalue weighted by atomic mass is 10.0. The van der Waals surface area contributed by atoms with Gasteiger partial charge in [-0.15, -0.1) is 0 Å². The van der Waals surface area contributed by atoms with Gasteiger partial charge in [-0.2, -0.15) is 0 Å². The maximum Gasteiger partial charge on any atom is 0.411 e. The van der Waals surface area contributed by atoms with E-state index >= 15 is 0 Å². The van der Waals surface area contributed by atoms with Crippen molar-refractivity contribution in [3.8, 4) is 0 Å². The summed E-state index contributed by atoms with van der Waals surface area (Å²) in [5, 5.41) is 3.42. The first kappa shape index (κ1) is 19.3. The molecule has 9 nitrogen and oxygen atoms in total. The lowest BCUT2D eigenvalue weighted by Crippen LogP contribution is -2.46. The molecule has 0 unspecified atom stereocenters. The van der Waals surface area contributed by atoms with E-state index in [0.29, 0.717) is 19.6 Å². The molecule has 3 atom stereocenters. The van der Waals surface area contributed by atoms with Crippen molar-refractivity contribution in [1.29, 1.82) is 0 Å². The number of rotatable bonds is 7. The van der Waals surface area contributed by atoms with Crippen molar-refractivity contribution >= 4 is 12.1 Å². The maximum absolute atomic E-state index is 12.6. The normalized spacial score (nSPS) is 27.3. The van der Waals surface area contributed by atoms with Gasteiger partial charge in [-0.1, -0.05) is 5.11 Å². The number of fused-ring (bicyclic) bond motifs is 1. The van der Waals surface area contributed by atoms with Gasteiger partial charge in [0.2, 0.25) is 0 Å². The van der Waals surface area contributed by atoms with Crippen LogP contribution in [0.1, 0.15) is 40.5 Å². The molecule has 1 aliphatic heterocycles. The highest BCUT2D eigenvalue weighted by Gasteiger charge is 2.68. The Morgan fingerprint density at radius 2 is 2.08 bits per heavy atom. The van der Waals surface area contributed by atoms with Gasteiger partial charge in [-0.3, -0.25) is 4.90 Å². The van der Waals surface area contributed by atoms with Crippen LogP contribution in [0.2, 0.25) is 0 Å². The summed E-state index contributed by atoms with van der Waals surface area (Å²) in [4.78, 5) is 29.0. The standard InChI is InChI=1S/C16H26N4O5/c1-5-24-13(21)11-8-16(10-23-7-6-18-19-17)9-12(16)20(11)14(22)25-15(2,3)4/h11-12H,5-10H2,1-4H3/t11-,12-,16+/m0/s1. The summed E-state index contributed by atoms with van der Waals surface area (Å²) in [6.45, 7) is 8.35. The van der Waals surface area contributed by atoms with Gasteiger partial charge in [0.25, 0.3) is 0 Å². The SMILES string of the molecule is CCOC(=O)[C@@H]1C[C@]2(COCCN=[N+]=[N-])C[C@@H]2N1C(=O)OC(C)(C)C. The lowest BCUT2D eigenvalue weighted by molar-refractivity contribution is -0.149. The van der Waals surface area contributed by atoms with Crippen LogP contribution in [0.5, 0.6) is 0 Å². The molecule has 1 amide bonds. The molecule has 0 spiro atoms. The molecule has 0 N–H and O–H groups in total. The van der Waals surface area contributed by atoms with Crippen LogP contribution in [0.15, 0.2) is 5.11 Å². The number of piperidine rings is 1. The molecule has 0 bridgehead atoms. The number of likely N-dealkylation sites (tertiary alicyclic amines) is 1. The first-order chi connectivity index (χ1) is 11.7. The average molecular weight is 354 g/mol. The Balaban J connectivity index is 2.04. The van der Waals surface area contributed by atoms with Crippen molar-refractivity contribution in [3.63, 3.8) is 0 Å². The summed E-state index contributed by atoms with van der Waals surface area (Å²) in [6.07, 6.45) is 0.769. The third-order valence-corrected chi connectivity index (χ3v) is 4.37. The smallest absolute Gasteiger partial charge is 0.411 e. The Morgan fingerprint density at radius 3 is 2.68 bits per heavy atom. The van der Waals surface area contributed by atoms with Crippen LogP contribution < -0.4 is 0 Å². The summed E-state index contributed by atoms with van der Waals surface area (Å²) in [7, 11) is 0. The number of carbonyl (C=O) groups excluding carboxylic acids is 2. The molecule has 0 aromatic rings. The number of nitrogens with zero attached hydrogens (tertiary/aromatic N) is 4. The predicted molar refractivity (Wildman–Crippen MR) is 88.8 cm³/mol. The molecule has 140 valence electrons. The average Bonchev–Trinajstić information content (AvgIpc) is 3.10. The van der Waals surface area contributed by atoms with Gasteiger partial charge < -0.3 is 14.2 Å². The Hall–Kier alpha value is -1.99. The number of esters is 1. The predicted octanol–water partition coefficient (Wildman–Crippen LogP) is 2.64. The van der Waals surface area contributed by atoms with Crippen LogP contribution in [0, 0.1) is 5.41 Å². The monoisotopic (exact) mass is 354 g/mol. The van der Waals surface area contributed by atoms with Gasteiger partial charge in [0.15, 0.2) is 0 Å². The lowest BCUT2D eigenvalue weighted by Gasteiger charge is -2.29. The highest BCUT2D eigenvalue weighted by molar-refractivity contribution is 5.83. The Morgan fingerprint density at radius 1 is 1.36 bits per heavy atom. The molecule has 0 aromatic carbocycles. The number of azide groups is 1. The van der Waals surface area contributed by atoms with Gasteiger partial charge in [-0.25, -0.2) is 9.59 Å². The number of amides is 1. The molecule has 9 heteroatoms. The molecule has 0 aromatic heterocycles. The van der Waals surface area contributed by atoms with Gasteiger partial charge in [0, 0.05) is 22.9 Å². The van der Waals surface area contributed by atoms with Crippen molar-refractivity contribution in [1.82, 2.24) is 4.90 Å². The molecule has 1 heterocycles.